The van der Waals surface area contributed by atoms with Gasteiger partial charge in [-0.25, -0.2) is 13.2 Å². The van der Waals surface area contributed by atoms with Crippen LogP contribution < -0.4 is 5.32 Å². The smallest absolute Gasteiger partial charge is 0.152 e. The summed E-state index contributed by atoms with van der Waals surface area (Å²) in [7, 11) is 0. The lowest BCUT2D eigenvalue weighted by molar-refractivity contribution is -0.0767. The van der Waals surface area contributed by atoms with Gasteiger partial charge in [0.05, 0.1) is 5.60 Å². The summed E-state index contributed by atoms with van der Waals surface area (Å²) in [6, 6.07) is 1.38. The van der Waals surface area contributed by atoms with E-state index in [-0.39, 0.29) is 17.3 Å². The topological polar surface area (TPSA) is 21.3 Å². The first kappa shape index (κ1) is 13.7. The Kier molecular flexibility index (Phi) is 3.63. The molecule has 0 amide bonds. The number of hydrogen-bond acceptors (Lipinski definition) is 2. The average molecular weight is 285 g/mol. The molecule has 1 aliphatic heterocycles. The first-order chi connectivity index (χ1) is 9.58. The highest BCUT2D eigenvalue weighted by atomic mass is 19.1. The zero-order valence-electron chi connectivity index (χ0n) is 11.2. The van der Waals surface area contributed by atoms with Crippen LogP contribution >= 0.6 is 0 Å². The van der Waals surface area contributed by atoms with E-state index in [1.54, 1.807) is 0 Å². The van der Waals surface area contributed by atoms with Crippen LogP contribution in [0.25, 0.3) is 0 Å². The molecule has 2 fully saturated rings. The molecule has 1 aliphatic carbocycles. The third-order valence-corrected chi connectivity index (χ3v) is 4.36. The minimum Gasteiger partial charge on any atom is -0.377 e. The van der Waals surface area contributed by atoms with Crippen molar-refractivity contribution in [3.8, 4) is 0 Å². The molecule has 1 unspecified atom stereocenters. The molecule has 0 radical (unpaired) electrons. The fourth-order valence-corrected chi connectivity index (χ4v) is 3.40. The van der Waals surface area contributed by atoms with Gasteiger partial charge in [0.15, 0.2) is 11.6 Å². The van der Waals surface area contributed by atoms with Crippen LogP contribution in [0.2, 0.25) is 0 Å². The third-order valence-electron chi connectivity index (χ3n) is 4.36. The van der Waals surface area contributed by atoms with Crippen molar-refractivity contribution in [3.63, 3.8) is 0 Å². The van der Waals surface area contributed by atoms with Gasteiger partial charge in [-0.3, -0.25) is 0 Å². The molecule has 2 aliphatic rings. The van der Waals surface area contributed by atoms with Gasteiger partial charge in [-0.1, -0.05) is 12.8 Å². The number of benzene rings is 1. The van der Waals surface area contributed by atoms with E-state index in [1.807, 2.05) is 0 Å². The lowest BCUT2D eigenvalue weighted by Gasteiger charge is -2.39. The number of halogens is 3. The van der Waals surface area contributed by atoms with E-state index in [2.05, 4.69) is 5.32 Å². The molecule has 20 heavy (non-hydrogen) atoms. The lowest BCUT2D eigenvalue weighted by Crippen LogP contribution is -2.42. The number of nitrogens with one attached hydrogen (secondary N) is 1. The Morgan fingerprint density at radius 3 is 2.40 bits per heavy atom. The highest BCUT2D eigenvalue weighted by Gasteiger charge is 2.40. The van der Waals surface area contributed by atoms with Crippen molar-refractivity contribution in [1.29, 1.82) is 0 Å². The van der Waals surface area contributed by atoms with Crippen molar-refractivity contribution < 1.29 is 17.9 Å². The second kappa shape index (κ2) is 5.28. The minimum atomic E-state index is -0.898. The molecule has 1 aromatic rings. The third kappa shape index (κ3) is 2.64. The first-order valence-electron chi connectivity index (χ1n) is 7.13. The summed E-state index contributed by atoms with van der Waals surface area (Å²) in [6.45, 7) is 0.599. The van der Waals surface area contributed by atoms with Gasteiger partial charge in [0.1, 0.15) is 11.5 Å². The number of rotatable bonds is 2. The molecule has 1 aromatic carbocycles. The Bertz CT molecular complexity index is 477. The second-order valence-electron chi connectivity index (χ2n) is 5.82. The number of anilines is 1. The van der Waals surface area contributed by atoms with Crippen LogP contribution in [-0.4, -0.2) is 18.2 Å². The van der Waals surface area contributed by atoms with Crippen LogP contribution in [0.3, 0.4) is 0 Å². The maximum atomic E-state index is 13.7. The van der Waals surface area contributed by atoms with Crippen molar-refractivity contribution in [3.05, 3.63) is 29.6 Å². The lowest BCUT2D eigenvalue weighted by atomic mass is 9.89. The monoisotopic (exact) mass is 285 g/mol. The van der Waals surface area contributed by atoms with Crippen LogP contribution in [0.15, 0.2) is 12.1 Å². The Morgan fingerprint density at radius 2 is 1.75 bits per heavy atom. The SMILES string of the molecule is Fc1cc(F)c(NC2CCOC3(CCCC3)C2)c(F)c1. The van der Waals surface area contributed by atoms with Gasteiger partial charge < -0.3 is 10.1 Å². The van der Waals surface area contributed by atoms with Gasteiger partial charge in [0.25, 0.3) is 0 Å². The van der Waals surface area contributed by atoms with E-state index < -0.39 is 17.5 Å². The normalized spacial score (nSPS) is 25.1. The predicted molar refractivity (Wildman–Crippen MR) is 70.1 cm³/mol. The zero-order chi connectivity index (χ0) is 14.2. The summed E-state index contributed by atoms with van der Waals surface area (Å²) in [4.78, 5) is 0. The molecule has 0 aromatic heterocycles. The highest BCUT2D eigenvalue weighted by Crippen LogP contribution is 2.40. The van der Waals surface area contributed by atoms with Gasteiger partial charge in [0, 0.05) is 24.8 Å². The summed E-state index contributed by atoms with van der Waals surface area (Å²) in [5.74, 6) is -2.66. The molecular formula is C15H18F3NO. The number of hydrogen-bond donors (Lipinski definition) is 1. The standard InChI is InChI=1S/C15H18F3NO/c16-10-7-12(17)14(13(18)8-10)19-11-3-6-20-15(9-11)4-1-2-5-15/h7-8,11,19H,1-6,9H2. The molecular weight excluding hydrogens is 267 g/mol. The predicted octanol–water partition coefficient (Wildman–Crippen LogP) is 4.01. The van der Waals surface area contributed by atoms with Crippen molar-refractivity contribution in [2.75, 3.05) is 11.9 Å². The van der Waals surface area contributed by atoms with Crippen molar-refractivity contribution in [2.24, 2.45) is 0 Å². The first-order valence-corrected chi connectivity index (χ1v) is 7.13. The molecule has 1 atom stereocenters. The van der Waals surface area contributed by atoms with Crippen molar-refractivity contribution in [2.45, 2.75) is 50.2 Å². The van der Waals surface area contributed by atoms with Crippen molar-refractivity contribution >= 4 is 5.69 Å². The quantitative estimate of drug-likeness (QED) is 0.886. The summed E-state index contributed by atoms with van der Waals surface area (Å²) >= 11 is 0. The Labute approximate surface area is 116 Å². The molecule has 110 valence electrons. The number of ether oxygens (including phenoxy) is 1. The molecule has 5 heteroatoms. The molecule has 1 heterocycles. The van der Waals surface area contributed by atoms with Gasteiger partial charge in [-0.05, 0) is 25.7 Å². The minimum absolute atomic E-state index is 0.0312. The zero-order valence-corrected chi connectivity index (χ0v) is 11.2. The van der Waals surface area contributed by atoms with Gasteiger partial charge in [-0.15, -0.1) is 0 Å². The molecule has 0 bridgehead atoms. The summed E-state index contributed by atoms with van der Waals surface area (Å²) in [5, 5.41) is 2.90. The van der Waals surface area contributed by atoms with E-state index in [4.69, 9.17) is 4.74 Å². The summed E-state index contributed by atoms with van der Waals surface area (Å²) in [5.41, 5.74) is -0.352. The van der Waals surface area contributed by atoms with Gasteiger partial charge in [-0.2, -0.15) is 0 Å². The summed E-state index contributed by atoms with van der Waals surface area (Å²) < 4.78 is 46.1. The van der Waals surface area contributed by atoms with Gasteiger partial charge >= 0.3 is 0 Å². The molecule has 1 saturated heterocycles. The molecule has 1 N–H and O–H groups in total. The van der Waals surface area contributed by atoms with Crippen LogP contribution in [0.4, 0.5) is 18.9 Å². The van der Waals surface area contributed by atoms with E-state index in [9.17, 15) is 13.2 Å². The Hall–Kier alpha value is -1.23. The van der Waals surface area contributed by atoms with Crippen LogP contribution in [0, 0.1) is 17.5 Å². The Balaban J connectivity index is 1.74. The summed E-state index contributed by atoms with van der Waals surface area (Å²) in [6.07, 6.45) is 5.78. The highest BCUT2D eigenvalue weighted by molar-refractivity contribution is 5.47. The van der Waals surface area contributed by atoms with E-state index >= 15 is 0 Å². The fraction of sp³-hybridized carbons (Fsp3) is 0.600. The molecule has 2 nitrogen and oxygen atoms in total. The largest absolute Gasteiger partial charge is 0.377 e. The van der Waals surface area contributed by atoms with Crippen LogP contribution in [-0.2, 0) is 4.74 Å². The van der Waals surface area contributed by atoms with Crippen LogP contribution in [0.1, 0.15) is 38.5 Å². The molecule has 1 spiro atoms. The molecule has 3 rings (SSSR count). The van der Waals surface area contributed by atoms with E-state index in [0.717, 1.165) is 32.1 Å². The maximum Gasteiger partial charge on any atom is 0.152 e. The van der Waals surface area contributed by atoms with E-state index in [0.29, 0.717) is 25.2 Å². The molecule has 1 saturated carbocycles. The van der Waals surface area contributed by atoms with Crippen molar-refractivity contribution in [1.82, 2.24) is 0 Å². The fourth-order valence-electron chi connectivity index (χ4n) is 3.40. The van der Waals surface area contributed by atoms with E-state index in [1.165, 1.54) is 0 Å². The van der Waals surface area contributed by atoms with Gasteiger partial charge in [0.2, 0.25) is 0 Å². The average Bonchev–Trinajstić information content (AvgIpc) is 2.82. The van der Waals surface area contributed by atoms with Crippen LogP contribution in [0.5, 0.6) is 0 Å². The second-order valence-corrected chi connectivity index (χ2v) is 5.82. The Morgan fingerprint density at radius 1 is 1.10 bits per heavy atom. The maximum absolute atomic E-state index is 13.7.